The van der Waals surface area contributed by atoms with Gasteiger partial charge in [-0.3, -0.25) is 0 Å². The summed E-state index contributed by atoms with van der Waals surface area (Å²) in [4.78, 5) is 0. The molecule has 1 rings (SSSR count). The molecule has 0 spiro atoms. The lowest BCUT2D eigenvalue weighted by molar-refractivity contribution is 0.0190. The zero-order valence-electron chi connectivity index (χ0n) is 5.23. The summed E-state index contributed by atoms with van der Waals surface area (Å²) >= 11 is 1.39. The molecule has 0 amide bonds. The molecule has 0 radical (unpaired) electrons. The maximum atomic E-state index is 12.3. The lowest BCUT2D eigenvalue weighted by Crippen LogP contribution is -2.19. The van der Waals surface area contributed by atoms with E-state index in [1.54, 1.807) is 4.31 Å². The van der Waals surface area contributed by atoms with E-state index in [-0.39, 0.29) is 13.0 Å². The van der Waals surface area contributed by atoms with Gasteiger partial charge in [0, 0.05) is 13.0 Å². The Hall–Kier alpha value is 0.170. The van der Waals surface area contributed by atoms with E-state index in [4.69, 9.17) is 0 Å². The van der Waals surface area contributed by atoms with Crippen LogP contribution in [0.2, 0.25) is 0 Å². The van der Waals surface area contributed by atoms with Gasteiger partial charge < -0.3 is 0 Å². The van der Waals surface area contributed by atoms with Crippen molar-refractivity contribution in [2.75, 3.05) is 19.3 Å². The summed E-state index contributed by atoms with van der Waals surface area (Å²) in [6.45, 7) is 0.447. The average molecular weight is 153 g/mol. The Kier molecular flexibility index (Phi) is 1.96. The maximum absolute atomic E-state index is 12.3. The standard InChI is InChI=1S/C5H9F2NS/c1-9-8-3-2-5(6,7)4-8/h2-4H2,1H3. The summed E-state index contributed by atoms with van der Waals surface area (Å²) in [6, 6.07) is 0. The molecule has 1 saturated heterocycles. The van der Waals surface area contributed by atoms with E-state index >= 15 is 0 Å². The van der Waals surface area contributed by atoms with Crippen LogP contribution in [0.4, 0.5) is 8.78 Å². The van der Waals surface area contributed by atoms with E-state index in [1.165, 1.54) is 11.9 Å². The molecular formula is C5H9F2NS. The minimum absolute atomic E-state index is 0.0217. The molecule has 0 unspecified atom stereocenters. The van der Waals surface area contributed by atoms with Gasteiger partial charge in [0.2, 0.25) is 0 Å². The highest BCUT2D eigenvalue weighted by atomic mass is 32.2. The van der Waals surface area contributed by atoms with Crippen molar-refractivity contribution >= 4 is 11.9 Å². The second-order valence-corrected chi connectivity index (χ2v) is 3.03. The molecule has 0 aromatic rings. The fourth-order valence-corrected chi connectivity index (χ4v) is 1.45. The largest absolute Gasteiger partial charge is 0.262 e. The third kappa shape index (κ3) is 1.79. The molecule has 0 saturated carbocycles. The highest BCUT2D eigenvalue weighted by Gasteiger charge is 2.37. The highest BCUT2D eigenvalue weighted by Crippen LogP contribution is 2.29. The highest BCUT2D eigenvalue weighted by molar-refractivity contribution is 7.96. The summed E-state index contributed by atoms with van der Waals surface area (Å²) < 4.78 is 26.3. The quantitative estimate of drug-likeness (QED) is 0.526. The Labute approximate surface area is 57.5 Å². The van der Waals surface area contributed by atoms with Gasteiger partial charge in [0.25, 0.3) is 5.92 Å². The van der Waals surface area contributed by atoms with Crippen LogP contribution in [0.25, 0.3) is 0 Å². The van der Waals surface area contributed by atoms with Gasteiger partial charge in [0.15, 0.2) is 0 Å². The number of alkyl halides is 2. The van der Waals surface area contributed by atoms with Crippen LogP contribution in [0.15, 0.2) is 0 Å². The van der Waals surface area contributed by atoms with Crippen LogP contribution in [0.5, 0.6) is 0 Å². The first kappa shape index (κ1) is 7.28. The van der Waals surface area contributed by atoms with Gasteiger partial charge in [-0.05, 0) is 6.26 Å². The van der Waals surface area contributed by atoms with Gasteiger partial charge >= 0.3 is 0 Å². The Bertz CT molecular complexity index is 107. The zero-order chi connectivity index (χ0) is 6.91. The SMILES string of the molecule is CSN1CCC(F)(F)C1. The second-order valence-electron chi connectivity index (χ2n) is 2.15. The molecule has 0 atom stereocenters. The smallest absolute Gasteiger partial charge is 0.245 e. The van der Waals surface area contributed by atoms with E-state index in [1.807, 2.05) is 6.26 Å². The van der Waals surface area contributed by atoms with Crippen molar-refractivity contribution < 1.29 is 8.78 Å². The van der Waals surface area contributed by atoms with Crippen LogP contribution in [0.3, 0.4) is 0 Å². The Morgan fingerprint density at radius 3 is 2.44 bits per heavy atom. The van der Waals surface area contributed by atoms with Gasteiger partial charge in [-0.15, -0.1) is 0 Å². The molecule has 0 aromatic heterocycles. The summed E-state index contributed by atoms with van der Waals surface area (Å²) in [7, 11) is 0. The molecule has 54 valence electrons. The molecule has 4 heteroatoms. The van der Waals surface area contributed by atoms with Crippen molar-refractivity contribution in [2.24, 2.45) is 0 Å². The van der Waals surface area contributed by atoms with Crippen molar-refractivity contribution in [2.45, 2.75) is 12.3 Å². The van der Waals surface area contributed by atoms with Crippen molar-refractivity contribution in [3.8, 4) is 0 Å². The lowest BCUT2D eigenvalue weighted by Gasteiger charge is -2.09. The number of halogens is 2. The minimum Gasteiger partial charge on any atom is -0.245 e. The molecule has 1 aliphatic heterocycles. The van der Waals surface area contributed by atoms with Crippen molar-refractivity contribution in [3.63, 3.8) is 0 Å². The first-order chi connectivity index (χ1) is 4.14. The fourth-order valence-electron chi connectivity index (χ4n) is 0.860. The normalized spacial score (nSPS) is 27.0. The maximum Gasteiger partial charge on any atom is 0.262 e. The van der Waals surface area contributed by atoms with Crippen LogP contribution in [-0.4, -0.2) is 29.6 Å². The molecule has 1 nitrogen and oxygen atoms in total. The number of hydrogen-bond acceptors (Lipinski definition) is 2. The second kappa shape index (κ2) is 2.42. The zero-order valence-corrected chi connectivity index (χ0v) is 6.05. The summed E-state index contributed by atoms with van der Waals surface area (Å²) in [6.07, 6.45) is 1.84. The Morgan fingerprint density at radius 1 is 1.56 bits per heavy atom. The predicted octanol–water partition coefficient (Wildman–Crippen LogP) is 1.61. The Balaban J connectivity index is 2.38. The molecule has 1 fully saturated rings. The molecule has 9 heavy (non-hydrogen) atoms. The van der Waals surface area contributed by atoms with Crippen molar-refractivity contribution in [3.05, 3.63) is 0 Å². The minimum atomic E-state index is -2.43. The van der Waals surface area contributed by atoms with Crippen molar-refractivity contribution in [1.82, 2.24) is 4.31 Å². The molecule has 1 heterocycles. The molecule has 1 aliphatic rings. The number of hydrogen-bond donors (Lipinski definition) is 0. The summed E-state index contributed by atoms with van der Waals surface area (Å²) in [5, 5.41) is 0. The molecule has 0 N–H and O–H groups in total. The average Bonchev–Trinajstić information content (AvgIpc) is 2.10. The molecule has 0 aromatic carbocycles. The summed E-state index contributed by atoms with van der Waals surface area (Å²) in [5.74, 6) is -2.43. The molecule has 0 aliphatic carbocycles. The van der Waals surface area contributed by atoms with Crippen molar-refractivity contribution in [1.29, 1.82) is 0 Å². The third-order valence-corrected chi connectivity index (χ3v) is 2.22. The van der Waals surface area contributed by atoms with E-state index < -0.39 is 5.92 Å². The fraction of sp³-hybridized carbons (Fsp3) is 1.00. The number of nitrogens with zero attached hydrogens (tertiary/aromatic N) is 1. The van der Waals surface area contributed by atoms with Gasteiger partial charge in [-0.1, -0.05) is 11.9 Å². The van der Waals surface area contributed by atoms with Gasteiger partial charge in [-0.25, -0.2) is 13.1 Å². The first-order valence-corrected chi connectivity index (χ1v) is 3.99. The van der Waals surface area contributed by atoms with Gasteiger partial charge in [-0.2, -0.15) is 0 Å². The van der Waals surface area contributed by atoms with Crippen LogP contribution in [-0.2, 0) is 0 Å². The van der Waals surface area contributed by atoms with Gasteiger partial charge in [0.1, 0.15) is 0 Å². The predicted molar refractivity (Wildman–Crippen MR) is 34.7 cm³/mol. The third-order valence-electron chi connectivity index (χ3n) is 1.39. The molecular weight excluding hydrogens is 144 g/mol. The van der Waals surface area contributed by atoms with Crippen LogP contribution < -0.4 is 0 Å². The van der Waals surface area contributed by atoms with Crippen LogP contribution >= 0.6 is 11.9 Å². The first-order valence-electron chi connectivity index (χ1n) is 2.81. The Morgan fingerprint density at radius 2 is 2.22 bits per heavy atom. The van der Waals surface area contributed by atoms with E-state index in [0.717, 1.165) is 0 Å². The van der Waals surface area contributed by atoms with E-state index in [9.17, 15) is 8.78 Å². The van der Waals surface area contributed by atoms with Crippen LogP contribution in [0, 0.1) is 0 Å². The molecule has 0 bridgehead atoms. The topological polar surface area (TPSA) is 3.24 Å². The van der Waals surface area contributed by atoms with Crippen LogP contribution in [0.1, 0.15) is 6.42 Å². The van der Waals surface area contributed by atoms with E-state index in [0.29, 0.717) is 6.54 Å². The monoisotopic (exact) mass is 153 g/mol. The lowest BCUT2D eigenvalue weighted by atomic mass is 10.3. The summed E-state index contributed by atoms with van der Waals surface area (Å²) in [5.41, 5.74) is 0. The van der Waals surface area contributed by atoms with Gasteiger partial charge in [0.05, 0.1) is 6.54 Å². The number of rotatable bonds is 1. The van der Waals surface area contributed by atoms with E-state index in [2.05, 4.69) is 0 Å².